The molecule has 0 amide bonds. The van der Waals surface area contributed by atoms with Crippen molar-refractivity contribution in [3.63, 3.8) is 0 Å². The van der Waals surface area contributed by atoms with E-state index < -0.39 is 0 Å². The molecule has 0 aromatic carbocycles. The second kappa shape index (κ2) is 5.27. The topological polar surface area (TPSA) is 42.7 Å². The summed E-state index contributed by atoms with van der Waals surface area (Å²) in [5.41, 5.74) is 0.565. The Morgan fingerprint density at radius 3 is 2.38 bits per heavy atom. The third kappa shape index (κ3) is 2.42. The van der Waals surface area contributed by atoms with Gasteiger partial charge in [-0.2, -0.15) is 0 Å². The van der Waals surface area contributed by atoms with Crippen molar-refractivity contribution >= 4 is 11.8 Å². The van der Waals surface area contributed by atoms with E-state index in [1.54, 1.807) is 6.33 Å². The van der Waals surface area contributed by atoms with Crippen molar-refractivity contribution in [1.82, 2.24) is 20.1 Å². The zero-order valence-corrected chi connectivity index (χ0v) is 13.9. The van der Waals surface area contributed by atoms with Crippen LogP contribution in [-0.2, 0) is 7.05 Å². The van der Waals surface area contributed by atoms with E-state index in [-0.39, 0.29) is 0 Å². The van der Waals surface area contributed by atoms with Crippen LogP contribution in [0.25, 0.3) is 0 Å². The fourth-order valence-electron chi connectivity index (χ4n) is 5.73. The highest BCUT2D eigenvalue weighted by Gasteiger charge is 2.53. The molecule has 4 nitrogen and oxygen atoms in total. The summed E-state index contributed by atoms with van der Waals surface area (Å²) in [6.07, 6.45) is 10.7. The monoisotopic (exact) mass is 306 g/mol. The normalized spacial score (nSPS) is 38.9. The Labute approximate surface area is 131 Å². The van der Waals surface area contributed by atoms with Crippen molar-refractivity contribution in [1.29, 1.82) is 0 Å². The van der Waals surface area contributed by atoms with Crippen LogP contribution in [0.3, 0.4) is 0 Å². The Balaban J connectivity index is 1.49. The predicted octanol–water partition coefficient (Wildman–Crippen LogP) is 2.71. The summed E-state index contributed by atoms with van der Waals surface area (Å²) < 4.78 is 2.02. The Morgan fingerprint density at radius 1 is 1.29 bits per heavy atom. The fourth-order valence-corrected chi connectivity index (χ4v) is 6.92. The molecule has 4 aliphatic carbocycles. The van der Waals surface area contributed by atoms with E-state index in [4.69, 9.17) is 0 Å². The minimum absolute atomic E-state index is 0.565. The predicted molar refractivity (Wildman–Crippen MR) is 85.2 cm³/mol. The number of aryl methyl sites for hydroxylation is 1. The van der Waals surface area contributed by atoms with Gasteiger partial charge in [0.25, 0.3) is 0 Å². The van der Waals surface area contributed by atoms with Gasteiger partial charge in [0.05, 0.1) is 0 Å². The summed E-state index contributed by atoms with van der Waals surface area (Å²) in [4.78, 5) is 0. The van der Waals surface area contributed by atoms with Crippen molar-refractivity contribution < 1.29 is 0 Å². The molecule has 4 fully saturated rings. The van der Waals surface area contributed by atoms with Crippen LogP contribution in [0, 0.1) is 23.2 Å². The SMILES string of the molecule is CNC(CSc1nncn1C)C12CC3CC(CC(C3)C1)C2. The van der Waals surface area contributed by atoms with Gasteiger partial charge in [-0.25, -0.2) is 0 Å². The Bertz CT molecular complexity index is 477. The molecule has 0 radical (unpaired) electrons. The van der Waals surface area contributed by atoms with E-state index in [1.165, 1.54) is 38.5 Å². The first-order valence-corrected chi connectivity index (χ1v) is 9.31. The molecule has 1 heterocycles. The van der Waals surface area contributed by atoms with Crippen molar-refractivity contribution in [2.45, 2.75) is 49.7 Å². The molecule has 1 atom stereocenters. The van der Waals surface area contributed by atoms with Crippen LogP contribution in [-0.4, -0.2) is 33.6 Å². The summed E-state index contributed by atoms with van der Waals surface area (Å²) >= 11 is 1.86. The highest BCUT2D eigenvalue weighted by molar-refractivity contribution is 7.99. The molecule has 4 saturated carbocycles. The molecule has 1 aromatic heterocycles. The van der Waals surface area contributed by atoms with Gasteiger partial charge in [0, 0.05) is 18.8 Å². The van der Waals surface area contributed by atoms with Crippen LogP contribution < -0.4 is 5.32 Å². The number of nitrogens with one attached hydrogen (secondary N) is 1. The van der Waals surface area contributed by atoms with Crippen molar-refractivity contribution in [3.05, 3.63) is 6.33 Å². The van der Waals surface area contributed by atoms with Crippen LogP contribution in [0.2, 0.25) is 0 Å². The molecule has 5 rings (SSSR count). The first kappa shape index (κ1) is 14.1. The lowest BCUT2D eigenvalue weighted by Gasteiger charge is -2.59. The molecule has 0 aliphatic heterocycles. The molecule has 1 aromatic rings. The van der Waals surface area contributed by atoms with E-state index >= 15 is 0 Å². The molecular weight excluding hydrogens is 280 g/mol. The van der Waals surface area contributed by atoms with Gasteiger partial charge in [-0.05, 0) is 68.7 Å². The van der Waals surface area contributed by atoms with Crippen LogP contribution >= 0.6 is 11.8 Å². The maximum absolute atomic E-state index is 4.22. The lowest BCUT2D eigenvalue weighted by atomic mass is 9.48. The van der Waals surface area contributed by atoms with Gasteiger partial charge >= 0.3 is 0 Å². The van der Waals surface area contributed by atoms with E-state index in [0.717, 1.165) is 28.7 Å². The minimum Gasteiger partial charge on any atom is -0.316 e. The molecule has 21 heavy (non-hydrogen) atoms. The highest BCUT2D eigenvalue weighted by Crippen LogP contribution is 2.61. The molecule has 1 N–H and O–H groups in total. The number of thioether (sulfide) groups is 1. The average molecular weight is 306 g/mol. The number of nitrogens with zero attached hydrogens (tertiary/aromatic N) is 3. The first-order valence-electron chi connectivity index (χ1n) is 8.32. The second-order valence-electron chi connectivity index (χ2n) is 7.66. The van der Waals surface area contributed by atoms with Gasteiger partial charge < -0.3 is 9.88 Å². The van der Waals surface area contributed by atoms with E-state index in [0.29, 0.717) is 11.5 Å². The van der Waals surface area contributed by atoms with Crippen LogP contribution in [0.4, 0.5) is 0 Å². The van der Waals surface area contributed by atoms with E-state index in [2.05, 4.69) is 22.6 Å². The smallest absolute Gasteiger partial charge is 0.190 e. The van der Waals surface area contributed by atoms with Crippen molar-refractivity contribution in [2.24, 2.45) is 30.2 Å². The molecule has 1 unspecified atom stereocenters. The van der Waals surface area contributed by atoms with Crippen molar-refractivity contribution in [2.75, 3.05) is 12.8 Å². The minimum atomic E-state index is 0.565. The number of aromatic nitrogens is 3. The first-order chi connectivity index (χ1) is 10.2. The molecule has 5 heteroatoms. The largest absolute Gasteiger partial charge is 0.316 e. The Morgan fingerprint density at radius 2 is 1.90 bits per heavy atom. The van der Waals surface area contributed by atoms with Gasteiger partial charge in [0.1, 0.15) is 6.33 Å². The maximum Gasteiger partial charge on any atom is 0.190 e. The third-order valence-electron chi connectivity index (χ3n) is 6.22. The number of rotatable bonds is 5. The van der Waals surface area contributed by atoms with Gasteiger partial charge in [0.15, 0.2) is 5.16 Å². The summed E-state index contributed by atoms with van der Waals surface area (Å²) in [7, 11) is 4.18. The fraction of sp³-hybridized carbons (Fsp3) is 0.875. The van der Waals surface area contributed by atoms with Gasteiger partial charge in [-0.3, -0.25) is 0 Å². The van der Waals surface area contributed by atoms with Gasteiger partial charge in [0.2, 0.25) is 0 Å². The van der Waals surface area contributed by atoms with E-state index in [9.17, 15) is 0 Å². The molecule has 4 aliphatic rings. The lowest BCUT2D eigenvalue weighted by molar-refractivity contribution is -0.0682. The summed E-state index contributed by atoms with van der Waals surface area (Å²) in [5, 5.41) is 12.9. The zero-order chi connectivity index (χ0) is 14.4. The van der Waals surface area contributed by atoms with Crippen molar-refractivity contribution in [3.8, 4) is 0 Å². The number of hydrogen-bond acceptors (Lipinski definition) is 4. The van der Waals surface area contributed by atoms with Crippen LogP contribution in [0.5, 0.6) is 0 Å². The van der Waals surface area contributed by atoms with E-state index in [1.807, 2.05) is 23.4 Å². The summed E-state index contributed by atoms with van der Waals surface area (Å²) in [5.74, 6) is 4.18. The van der Waals surface area contributed by atoms with Gasteiger partial charge in [-0.1, -0.05) is 11.8 Å². The molecule has 0 spiro atoms. The molecule has 0 saturated heterocycles. The summed E-state index contributed by atoms with van der Waals surface area (Å²) in [6.45, 7) is 0. The average Bonchev–Trinajstić information content (AvgIpc) is 2.83. The molecular formula is C16H26N4S. The third-order valence-corrected chi connectivity index (χ3v) is 7.35. The molecule has 4 bridgehead atoms. The number of hydrogen-bond donors (Lipinski definition) is 1. The maximum atomic E-state index is 4.22. The second-order valence-corrected chi connectivity index (χ2v) is 8.64. The Hall–Kier alpha value is -0.550. The Kier molecular flexibility index (Phi) is 3.53. The quantitative estimate of drug-likeness (QED) is 0.850. The highest BCUT2D eigenvalue weighted by atomic mass is 32.2. The summed E-state index contributed by atoms with van der Waals surface area (Å²) in [6, 6.07) is 0.618. The molecule has 116 valence electrons. The van der Waals surface area contributed by atoms with Crippen LogP contribution in [0.15, 0.2) is 11.5 Å². The standard InChI is InChI=1S/C16H26N4S/c1-17-14(9-21-15-19-18-10-20(15)2)16-6-11-3-12(7-16)5-13(4-11)8-16/h10-14,17H,3-9H2,1-2H3. The van der Waals surface area contributed by atoms with Gasteiger partial charge in [-0.15, -0.1) is 10.2 Å². The lowest BCUT2D eigenvalue weighted by Crippen LogP contribution is -2.56. The van der Waals surface area contributed by atoms with Crippen LogP contribution in [0.1, 0.15) is 38.5 Å². The zero-order valence-electron chi connectivity index (χ0n) is 13.1.